The lowest BCUT2D eigenvalue weighted by Gasteiger charge is -2.13. The van der Waals surface area contributed by atoms with Crippen LogP contribution in [0.1, 0.15) is 0 Å². The van der Waals surface area contributed by atoms with Crippen LogP contribution in [0.5, 0.6) is 17.2 Å². The Labute approximate surface area is 166 Å². The summed E-state index contributed by atoms with van der Waals surface area (Å²) in [7, 11) is 4.60. The van der Waals surface area contributed by atoms with Gasteiger partial charge in [0, 0.05) is 18.0 Å². The highest BCUT2D eigenvalue weighted by Crippen LogP contribution is 2.41. The van der Waals surface area contributed by atoms with Gasteiger partial charge in [0.05, 0.1) is 21.3 Å². The summed E-state index contributed by atoms with van der Waals surface area (Å²) in [5.74, 6) is 1.40. The second-order valence-corrected chi connectivity index (χ2v) is 7.04. The highest BCUT2D eigenvalue weighted by atomic mass is 32.1. The number of ether oxygens (including phenoxy) is 3. The maximum atomic E-state index is 12.7. The first-order valence-corrected chi connectivity index (χ1v) is 9.28. The smallest absolute Gasteiger partial charge is 0.291 e. The molecular weight excluding hydrogens is 396 g/mol. The van der Waals surface area contributed by atoms with E-state index in [1.165, 1.54) is 32.7 Å². The van der Waals surface area contributed by atoms with Crippen molar-refractivity contribution >= 4 is 37.5 Å². The molecule has 0 radical (unpaired) electrons. The number of methoxy groups -OCH3 is 3. The predicted molar refractivity (Wildman–Crippen MR) is 107 cm³/mol. The molecule has 1 N–H and O–H groups in total. The number of hydrogen-bond acceptors (Lipinski definition) is 9. The Morgan fingerprint density at radius 2 is 1.76 bits per heavy atom. The molecule has 5 aromatic rings. The van der Waals surface area contributed by atoms with Crippen molar-refractivity contribution in [3.8, 4) is 28.5 Å². The minimum Gasteiger partial charge on any atom is -0.493 e. The second kappa shape index (κ2) is 6.41. The first kappa shape index (κ1) is 17.4. The van der Waals surface area contributed by atoms with Crippen LogP contribution in [0.25, 0.3) is 37.5 Å². The maximum Gasteiger partial charge on any atom is 0.291 e. The van der Waals surface area contributed by atoms with Crippen LogP contribution >= 0.6 is 11.3 Å². The Morgan fingerprint density at radius 3 is 2.45 bits per heavy atom. The Bertz CT molecular complexity index is 1430. The van der Waals surface area contributed by atoms with E-state index in [2.05, 4.69) is 25.3 Å². The van der Waals surface area contributed by atoms with E-state index in [0.29, 0.717) is 54.7 Å². The molecule has 0 aliphatic heterocycles. The Hall–Kier alpha value is -3.73. The van der Waals surface area contributed by atoms with Gasteiger partial charge in [0.1, 0.15) is 26.3 Å². The molecule has 1 aromatic carbocycles. The van der Waals surface area contributed by atoms with Gasteiger partial charge in [-0.2, -0.15) is 10.1 Å². The largest absolute Gasteiger partial charge is 0.493 e. The number of rotatable bonds is 4. The highest BCUT2D eigenvalue weighted by Gasteiger charge is 2.21. The SMILES string of the molecule is COc1cc(-c2n[nH]n3c2nc(=O)c2sc4nccnc4c23)cc(OC)c1OC. The summed E-state index contributed by atoms with van der Waals surface area (Å²) in [4.78, 5) is 26.3. The molecule has 146 valence electrons. The molecule has 0 amide bonds. The molecule has 11 heteroatoms. The molecule has 0 saturated carbocycles. The van der Waals surface area contributed by atoms with Gasteiger partial charge in [-0.25, -0.2) is 19.7 Å². The number of thiophene rings is 1. The Morgan fingerprint density at radius 1 is 1.03 bits per heavy atom. The fraction of sp³-hybridized carbons (Fsp3) is 0.167. The molecule has 29 heavy (non-hydrogen) atoms. The lowest BCUT2D eigenvalue weighted by atomic mass is 10.1. The molecule has 0 spiro atoms. The van der Waals surface area contributed by atoms with Crippen LogP contribution in [0.3, 0.4) is 0 Å². The van der Waals surface area contributed by atoms with Crippen molar-refractivity contribution in [2.24, 2.45) is 0 Å². The van der Waals surface area contributed by atoms with Gasteiger partial charge < -0.3 is 14.2 Å². The Kier molecular flexibility index (Phi) is 3.84. The third kappa shape index (κ3) is 2.44. The van der Waals surface area contributed by atoms with Gasteiger partial charge >= 0.3 is 0 Å². The summed E-state index contributed by atoms with van der Waals surface area (Å²) in [6, 6.07) is 3.50. The van der Waals surface area contributed by atoms with Crippen LogP contribution in [0, 0.1) is 0 Å². The van der Waals surface area contributed by atoms with Gasteiger partial charge in [0.15, 0.2) is 17.1 Å². The fourth-order valence-corrected chi connectivity index (χ4v) is 4.26. The van der Waals surface area contributed by atoms with E-state index in [1.54, 1.807) is 29.0 Å². The van der Waals surface area contributed by atoms with E-state index in [9.17, 15) is 4.79 Å². The molecule has 0 aliphatic rings. The zero-order valence-corrected chi connectivity index (χ0v) is 16.4. The van der Waals surface area contributed by atoms with Crippen molar-refractivity contribution < 1.29 is 14.2 Å². The summed E-state index contributed by atoms with van der Waals surface area (Å²) in [6.45, 7) is 0. The van der Waals surface area contributed by atoms with Crippen LogP contribution in [-0.2, 0) is 0 Å². The minimum atomic E-state index is -0.361. The normalized spacial score (nSPS) is 11.4. The Balaban J connectivity index is 1.85. The van der Waals surface area contributed by atoms with Crippen LogP contribution in [0.15, 0.2) is 29.3 Å². The van der Waals surface area contributed by atoms with Gasteiger partial charge in [0.25, 0.3) is 5.56 Å². The van der Waals surface area contributed by atoms with Gasteiger partial charge in [0.2, 0.25) is 5.75 Å². The molecule has 0 bridgehead atoms. The van der Waals surface area contributed by atoms with Gasteiger partial charge in [-0.15, -0.1) is 11.3 Å². The van der Waals surface area contributed by atoms with Crippen molar-refractivity contribution in [1.82, 2.24) is 29.8 Å². The first-order chi connectivity index (χ1) is 14.2. The molecule has 0 fully saturated rings. The zero-order valence-electron chi connectivity index (χ0n) is 15.6. The lowest BCUT2D eigenvalue weighted by molar-refractivity contribution is 0.324. The van der Waals surface area contributed by atoms with Crippen LogP contribution in [-0.4, -0.2) is 51.1 Å². The van der Waals surface area contributed by atoms with E-state index >= 15 is 0 Å². The van der Waals surface area contributed by atoms with Crippen molar-refractivity contribution in [1.29, 1.82) is 0 Å². The third-order valence-electron chi connectivity index (χ3n) is 4.55. The number of H-pyrrole nitrogens is 1. The third-order valence-corrected chi connectivity index (χ3v) is 5.62. The molecule has 4 heterocycles. The van der Waals surface area contributed by atoms with Crippen LogP contribution in [0.2, 0.25) is 0 Å². The summed E-state index contributed by atoms with van der Waals surface area (Å²) in [5.41, 5.74) is 2.32. The van der Waals surface area contributed by atoms with E-state index in [-0.39, 0.29) is 5.56 Å². The quantitative estimate of drug-likeness (QED) is 0.480. The number of fused-ring (bicyclic) bond motifs is 5. The van der Waals surface area contributed by atoms with E-state index in [0.717, 1.165) is 0 Å². The maximum absolute atomic E-state index is 12.7. The molecule has 0 unspecified atom stereocenters. The van der Waals surface area contributed by atoms with E-state index in [4.69, 9.17) is 14.2 Å². The molecule has 0 saturated heterocycles. The monoisotopic (exact) mass is 410 g/mol. The summed E-state index contributed by atoms with van der Waals surface area (Å²) < 4.78 is 18.3. The predicted octanol–water partition coefficient (Wildman–Crippen LogP) is 2.27. The summed E-state index contributed by atoms with van der Waals surface area (Å²) in [6.07, 6.45) is 3.17. The summed E-state index contributed by atoms with van der Waals surface area (Å²) in [5, 5.41) is 7.32. The number of hydrogen-bond donors (Lipinski definition) is 1. The molecule has 5 rings (SSSR count). The van der Waals surface area contributed by atoms with Gasteiger partial charge in [-0.3, -0.25) is 4.79 Å². The van der Waals surface area contributed by atoms with E-state index < -0.39 is 0 Å². The number of benzene rings is 1. The zero-order chi connectivity index (χ0) is 20.1. The lowest BCUT2D eigenvalue weighted by Crippen LogP contribution is -2.08. The van der Waals surface area contributed by atoms with Gasteiger partial charge in [-0.1, -0.05) is 0 Å². The minimum absolute atomic E-state index is 0.361. The topological polar surface area (TPSA) is 117 Å². The number of aromatic nitrogens is 6. The molecule has 10 nitrogen and oxygen atoms in total. The number of nitrogens with zero attached hydrogens (tertiary/aromatic N) is 5. The standard InChI is InChI=1S/C18H14N6O4S/c1-26-9-6-8(7-10(27-2)14(9)28-3)11-16-21-17(25)15-13(24(16)23-22-11)12-18(29-15)20-5-4-19-12/h4-7,23H,1-3H3. The molecular formula is C18H14N6O4S. The number of nitrogens with one attached hydrogen (secondary N) is 1. The second-order valence-electron chi connectivity index (χ2n) is 6.04. The molecule has 4 aromatic heterocycles. The van der Waals surface area contributed by atoms with Crippen LogP contribution < -0.4 is 19.8 Å². The highest BCUT2D eigenvalue weighted by molar-refractivity contribution is 7.25. The molecule has 0 aliphatic carbocycles. The van der Waals surface area contributed by atoms with Crippen molar-refractivity contribution in [3.05, 3.63) is 34.9 Å². The van der Waals surface area contributed by atoms with E-state index in [1.807, 2.05) is 0 Å². The van der Waals surface area contributed by atoms with Crippen molar-refractivity contribution in [2.75, 3.05) is 21.3 Å². The average Bonchev–Trinajstić information content (AvgIpc) is 3.34. The van der Waals surface area contributed by atoms with Crippen LogP contribution in [0.4, 0.5) is 0 Å². The summed E-state index contributed by atoms with van der Waals surface area (Å²) >= 11 is 1.25. The molecule has 0 atom stereocenters. The van der Waals surface area contributed by atoms with Crippen molar-refractivity contribution in [2.45, 2.75) is 0 Å². The van der Waals surface area contributed by atoms with Crippen molar-refractivity contribution in [3.63, 3.8) is 0 Å². The van der Waals surface area contributed by atoms with Gasteiger partial charge in [-0.05, 0) is 12.1 Å². The fourth-order valence-electron chi connectivity index (χ4n) is 3.29. The number of aromatic amines is 1. The first-order valence-electron chi connectivity index (χ1n) is 8.47. The average molecular weight is 410 g/mol.